The Morgan fingerprint density at radius 2 is 2.17 bits per heavy atom. The van der Waals surface area contributed by atoms with Crippen molar-refractivity contribution in [2.45, 2.75) is 27.0 Å². The van der Waals surface area contributed by atoms with Crippen molar-refractivity contribution in [1.29, 1.82) is 0 Å². The maximum absolute atomic E-state index is 11.3. The van der Waals surface area contributed by atoms with Gasteiger partial charge in [-0.05, 0) is 19.9 Å². The first kappa shape index (κ1) is 12.6. The molecule has 0 bridgehead atoms. The van der Waals surface area contributed by atoms with Gasteiger partial charge in [0.05, 0.1) is 17.7 Å². The van der Waals surface area contributed by atoms with Crippen molar-refractivity contribution in [1.82, 2.24) is 4.57 Å². The number of aromatic carboxylic acids is 1. The molecular weight excluding hydrogens is 230 g/mol. The Morgan fingerprint density at radius 3 is 2.78 bits per heavy atom. The molecule has 0 aliphatic carbocycles. The van der Waals surface area contributed by atoms with Gasteiger partial charge in [-0.25, -0.2) is 4.79 Å². The van der Waals surface area contributed by atoms with E-state index < -0.39 is 5.97 Å². The van der Waals surface area contributed by atoms with E-state index in [-0.39, 0.29) is 0 Å². The zero-order chi connectivity index (χ0) is 13.1. The molecule has 18 heavy (non-hydrogen) atoms. The van der Waals surface area contributed by atoms with E-state index in [9.17, 15) is 9.90 Å². The molecule has 2 aromatic rings. The highest BCUT2D eigenvalue weighted by Crippen LogP contribution is 2.25. The lowest BCUT2D eigenvalue weighted by Gasteiger charge is -2.03. The predicted molar refractivity (Wildman–Crippen MR) is 69.9 cm³/mol. The van der Waals surface area contributed by atoms with Crippen LogP contribution in [0.25, 0.3) is 10.9 Å². The van der Waals surface area contributed by atoms with E-state index >= 15 is 0 Å². The van der Waals surface area contributed by atoms with Gasteiger partial charge in [-0.3, -0.25) is 0 Å². The Morgan fingerprint density at radius 1 is 1.39 bits per heavy atom. The standard InChI is InChI=1S/C14H17NO3/c1-3-15-8-10(9-18-4-2)11-6-5-7-12(13(11)15)14(16)17/h5-8H,3-4,9H2,1-2H3,(H,16,17). The molecule has 4 nitrogen and oxygen atoms in total. The minimum Gasteiger partial charge on any atom is -0.478 e. The number of fused-ring (bicyclic) bond motifs is 1. The van der Waals surface area contributed by atoms with Gasteiger partial charge in [-0.1, -0.05) is 12.1 Å². The monoisotopic (exact) mass is 247 g/mol. The van der Waals surface area contributed by atoms with Gasteiger partial charge in [0, 0.05) is 30.3 Å². The summed E-state index contributed by atoms with van der Waals surface area (Å²) < 4.78 is 7.39. The molecule has 0 saturated heterocycles. The number of carboxylic acids is 1. The third-order valence-corrected chi connectivity index (χ3v) is 3.01. The van der Waals surface area contributed by atoms with Crippen LogP contribution in [-0.2, 0) is 17.9 Å². The van der Waals surface area contributed by atoms with Gasteiger partial charge < -0.3 is 14.4 Å². The van der Waals surface area contributed by atoms with E-state index in [0.29, 0.717) is 18.8 Å². The average molecular weight is 247 g/mol. The fraction of sp³-hybridized carbons (Fsp3) is 0.357. The van der Waals surface area contributed by atoms with Crippen LogP contribution in [0.4, 0.5) is 0 Å². The number of rotatable bonds is 5. The lowest BCUT2D eigenvalue weighted by Crippen LogP contribution is -2.01. The first-order valence-corrected chi connectivity index (χ1v) is 6.10. The zero-order valence-corrected chi connectivity index (χ0v) is 10.6. The Kier molecular flexibility index (Phi) is 3.67. The second-order valence-electron chi connectivity index (χ2n) is 4.08. The molecule has 96 valence electrons. The average Bonchev–Trinajstić information content (AvgIpc) is 2.74. The van der Waals surface area contributed by atoms with E-state index in [4.69, 9.17) is 4.74 Å². The van der Waals surface area contributed by atoms with Crippen molar-refractivity contribution in [2.75, 3.05) is 6.61 Å². The Hall–Kier alpha value is -1.81. The van der Waals surface area contributed by atoms with E-state index in [0.717, 1.165) is 23.0 Å². The minimum absolute atomic E-state index is 0.345. The zero-order valence-electron chi connectivity index (χ0n) is 10.6. The van der Waals surface area contributed by atoms with Crippen molar-refractivity contribution in [3.05, 3.63) is 35.5 Å². The Bertz CT molecular complexity index is 572. The highest BCUT2D eigenvalue weighted by molar-refractivity contribution is 6.03. The topological polar surface area (TPSA) is 51.5 Å². The van der Waals surface area contributed by atoms with E-state index in [1.807, 2.05) is 30.7 Å². The number of hydrogen-bond acceptors (Lipinski definition) is 2. The second-order valence-corrected chi connectivity index (χ2v) is 4.08. The molecule has 1 aromatic heterocycles. The number of carboxylic acid groups (broad SMARTS) is 1. The molecule has 0 atom stereocenters. The van der Waals surface area contributed by atoms with Gasteiger partial charge in [0.1, 0.15) is 0 Å². The smallest absolute Gasteiger partial charge is 0.337 e. The van der Waals surface area contributed by atoms with Crippen molar-refractivity contribution in [3.63, 3.8) is 0 Å². The van der Waals surface area contributed by atoms with Gasteiger partial charge in [0.2, 0.25) is 0 Å². The summed E-state index contributed by atoms with van der Waals surface area (Å²) >= 11 is 0. The summed E-state index contributed by atoms with van der Waals surface area (Å²) in [6.45, 7) is 5.86. The third kappa shape index (κ3) is 2.11. The molecule has 1 N–H and O–H groups in total. The fourth-order valence-electron chi connectivity index (χ4n) is 2.18. The number of hydrogen-bond donors (Lipinski definition) is 1. The van der Waals surface area contributed by atoms with E-state index in [1.54, 1.807) is 12.1 Å². The number of para-hydroxylation sites is 1. The molecule has 0 spiro atoms. The number of ether oxygens (including phenoxy) is 1. The van der Waals surface area contributed by atoms with Crippen molar-refractivity contribution >= 4 is 16.9 Å². The molecule has 0 fully saturated rings. The van der Waals surface area contributed by atoms with Gasteiger partial charge >= 0.3 is 5.97 Å². The van der Waals surface area contributed by atoms with Crippen molar-refractivity contribution < 1.29 is 14.6 Å². The van der Waals surface area contributed by atoms with Gasteiger partial charge in [-0.2, -0.15) is 0 Å². The summed E-state index contributed by atoms with van der Waals surface area (Å²) in [7, 11) is 0. The summed E-state index contributed by atoms with van der Waals surface area (Å²) in [5, 5.41) is 10.2. The van der Waals surface area contributed by atoms with Gasteiger partial charge in [-0.15, -0.1) is 0 Å². The molecular formula is C14H17NO3. The largest absolute Gasteiger partial charge is 0.478 e. The van der Waals surface area contributed by atoms with Crippen LogP contribution in [0.2, 0.25) is 0 Å². The number of nitrogens with zero attached hydrogens (tertiary/aromatic N) is 1. The number of benzene rings is 1. The quantitative estimate of drug-likeness (QED) is 0.883. The van der Waals surface area contributed by atoms with Crippen LogP contribution in [0.15, 0.2) is 24.4 Å². The first-order valence-electron chi connectivity index (χ1n) is 6.10. The lowest BCUT2D eigenvalue weighted by atomic mass is 10.1. The molecule has 0 radical (unpaired) electrons. The van der Waals surface area contributed by atoms with Crippen LogP contribution in [0.3, 0.4) is 0 Å². The SMILES string of the molecule is CCOCc1cn(CC)c2c(C(=O)O)cccc12. The van der Waals surface area contributed by atoms with E-state index in [1.165, 1.54) is 0 Å². The van der Waals surface area contributed by atoms with Gasteiger partial charge in [0.25, 0.3) is 0 Å². The number of aromatic nitrogens is 1. The molecule has 1 aromatic carbocycles. The lowest BCUT2D eigenvalue weighted by molar-refractivity contribution is 0.0698. The molecule has 4 heteroatoms. The Labute approximate surface area is 106 Å². The normalized spacial score (nSPS) is 11.0. The van der Waals surface area contributed by atoms with Crippen LogP contribution in [0.1, 0.15) is 29.8 Å². The minimum atomic E-state index is -0.892. The van der Waals surface area contributed by atoms with Crippen LogP contribution < -0.4 is 0 Å². The van der Waals surface area contributed by atoms with Crippen LogP contribution in [0, 0.1) is 0 Å². The first-order chi connectivity index (χ1) is 8.69. The van der Waals surface area contributed by atoms with Crippen molar-refractivity contribution in [3.8, 4) is 0 Å². The second kappa shape index (κ2) is 5.23. The fourth-order valence-corrected chi connectivity index (χ4v) is 2.18. The van der Waals surface area contributed by atoms with Crippen molar-refractivity contribution in [2.24, 2.45) is 0 Å². The maximum atomic E-state index is 11.3. The molecule has 0 saturated carbocycles. The highest BCUT2D eigenvalue weighted by Gasteiger charge is 2.15. The summed E-state index contributed by atoms with van der Waals surface area (Å²) in [6.07, 6.45) is 1.98. The predicted octanol–water partition coefficient (Wildman–Crippen LogP) is 2.90. The third-order valence-electron chi connectivity index (χ3n) is 3.01. The summed E-state index contributed by atoms with van der Waals surface area (Å²) in [4.78, 5) is 11.3. The number of carbonyl (C=O) groups is 1. The summed E-state index contributed by atoms with van der Waals surface area (Å²) in [6, 6.07) is 5.37. The number of aryl methyl sites for hydroxylation is 1. The Balaban J connectivity index is 2.63. The highest BCUT2D eigenvalue weighted by atomic mass is 16.5. The summed E-state index contributed by atoms with van der Waals surface area (Å²) in [5.74, 6) is -0.892. The molecule has 0 amide bonds. The molecule has 2 rings (SSSR count). The van der Waals surface area contributed by atoms with Crippen LogP contribution in [-0.4, -0.2) is 22.2 Å². The van der Waals surface area contributed by atoms with Crippen LogP contribution >= 0.6 is 0 Å². The van der Waals surface area contributed by atoms with Gasteiger partial charge in [0.15, 0.2) is 0 Å². The van der Waals surface area contributed by atoms with E-state index in [2.05, 4.69) is 0 Å². The van der Waals surface area contributed by atoms with Crippen LogP contribution in [0.5, 0.6) is 0 Å². The molecule has 0 aliphatic heterocycles. The maximum Gasteiger partial charge on any atom is 0.337 e. The molecule has 1 heterocycles. The molecule has 0 aliphatic rings. The molecule has 0 unspecified atom stereocenters. The summed E-state index contributed by atoms with van der Waals surface area (Å²) in [5.41, 5.74) is 2.16.